The van der Waals surface area contributed by atoms with Gasteiger partial charge in [-0.2, -0.15) is 0 Å². The number of aromatic nitrogens is 1. The van der Waals surface area contributed by atoms with Gasteiger partial charge in [-0.1, -0.05) is 18.5 Å². The van der Waals surface area contributed by atoms with Crippen LogP contribution >= 0.6 is 11.6 Å². The molecule has 0 radical (unpaired) electrons. The minimum absolute atomic E-state index is 0.0714. The number of carbonyl (C=O) groups is 1. The average Bonchev–Trinajstić information content (AvgIpc) is 2.45. The van der Waals surface area contributed by atoms with Crippen LogP contribution in [0.4, 0.5) is 0 Å². The van der Waals surface area contributed by atoms with E-state index in [-0.39, 0.29) is 5.91 Å². The molecule has 0 spiro atoms. The zero-order chi connectivity index (χ0) is 13.7. The SMILES string of the molecule is CCN1CCC[C@@H](CNC(=O)c2ccnc(Cl)c2)C1. The fourth-order valence-corrected chi connectivity index (χ4v) is 2.66. The van der Waals surface area contributed by atoms with Crippen LogP contribution in [0.2, 0.25) is 5.15 Å². The second-order valence-corrected chi connectivity index (χ2v) is 5.37. The van der Waals surface area contributed by atoms with Gasteiger partial charge >= 0.3 is 0 Å². The summed E-state index contributed by atoms with van der Waals surface area (Å²) in [6.45, 7) is 6.26. The Morgan fingerprint density at radius 2 is 2.47 bits per heavy atom. The van der Waals surface area contributed by atoms with Gasteiger partial charge in [-0.15, -0.1) is 0 Å². The van der Waals surface area contributed by atoms with Crippen molar-refractivity contribution in [3.8, 4) is 0 Å². The molecule has 1 aliphatic rings. The zero-order valence-electron chi connectivity index (χ0n) is 11.2. The van der Waals surface area contributed by atoms with Crippen LogP contribution in [-0.2, 0) is 0 Å². The van der Waals surface area contributed by atoms with Gasteiger partial charge in [-0.25, -0.2) is 4.98 Å². The number of piperidine rings is 1. The number of hydrogen-bond donors (Lipinski definition) is 1. The number of amides is 1. The second-order valence-electron chi connectivity index (χ2n) is 4.98. The molecule has 104 valence electrons. The number of pyridine rings is 1. The fourth-order valence-electron chi connectivity index (χ4n) is 2.49. The lowest BCUT2D eigenvalue weighted by Crippen LogP contribution is -2.40. The standard InChI is InChI=1S/C14H20ClN3O/c1-2-18-7-3-4-11(10-18)9-17-14(19)12-5-6-16-13(15)8-12/h5-6,8,11H,2-4,7,9-10H2,1H3,(H,17,19)/t11-/m0/s1. The van der Waals surface area contributed by atoms with Gasteiger partial charge in [-0.3, -0.25) is 4.79 Å². The van der Waals surface area contributed by atoms with Crippen molar-refractivity contribution in [3.63, 3.8) is 0 Å². The summed E-state index contributed by atoms with van der Waals surface area (Å²) in [5, 5.41) is 3.34. The largest absolute Gasteiger partial charge is 0.352 e. The van der Waals surface area contributed by atoms with Crippen LogP contribution in [-0.4, -0.2) is 42.0 Å². The van der Waals surface area contributed by atoms with Gasteiger partial charge < -0.3 is 10.2 Å². The molecule has 1 aromatic rings. The first-order chi connectivity index (χ1) is 9.19. The Kier molecular flexibility index (Phi) is 5.16. The van der Waals surface area contributed by atoms with Crippen LogP contribution in [0, 0.1) is 5.92 Å². The summed E-state index contributed by atoms with van der Waals surface area (Å²) >= 11 is 5.78. The minimum Gasteiger partial charge on any atom is -0.352 e. The number of nitrogens with one attached hydrogen (secondary N) is 1. The van der Waals surface area contributed by atoms with Crippen molar-refractivity contribution < 1.29 is 4.79 Å². The maximum absolute atomic E-state index is 12.0. The summed E-state index contributed by atoms with van der Waals surface area (Å²) in [5.41, 5.74) is 0.572. The Hall–Kier alpha value is -1.13. The molecule has 1 saturated heterocycles. The number of halogens is 1. The van der Waals surface area contributed by atoms with E-state index in [9.17, 15) is 4.79 Å². The van der Waals surface area contributed by atoms with E-state index in [2.05, 4.69) is 22.1 Å². The fraction of sp³-hybridized carbons (Fsp3) is 0.571. The molecule has 0 unspecified atom stereocenters. The van der Waals surface area contributed by atoms with Gasteiger partial charge in [0.15, 0.2) is 0 Å². The molecule has 1 amide bonds. The van der Waals surface area contributed by atoms with E-state index in [0.29, 0.717) is 16.6 Å². The molecule has 0 bridgehead atoms. The van der Waals surface area contributed by atoms with E-state index in [4.69, 9.17) is 11.6 Å². The molecular formula is C14H20ClN3O. The van der Waals surface area contributed by atoms with Crippen LogP contribution in [0.3, 0.4) is 0 Å². The number of likely N-dealkylation sites (tertiary alicyclic amines) is 1. The predicted molar refractivity (Wildman–Crippen MR) is 76.4 cm³/mol. The third-order valence-electron chi connectivity index (χ3n) is 3.59. The van der Waals surface area contributed by atoms with Crippen LogP contribution in [0.5, 0.6) is 0 Å². The summed E-state index contributed by atoms with van der Waals surface area (Å²) in [7, 11) is 0. The number of carbonyl (C=O) groups excluding carboxylic acids is 1. The van der Waals surface area contributed by atoms with Gasteiger partial charge in [0, 0.05) is 24.8 Å². The van der Waals surface area contributed by atoms with Crippen LogP contribution in [0.1, 0.15) is 30.1 Å². The summed E-state index contributed by atoms with van der Waals surface area (Å²) in [4.78, 5) is 18.3. The van der Waals surface area contributed by atoms with E-state index in [0.717, 1.165) is 19.6 Å². The zero-order valence-corrected chi connectivity index (χ0v) is 12.0. The number of hydrogen-bond acceptors (Lipinski definition) is 3. The second kappa shape index (κ2) is 6.87. The highest BCUT2D eigenvalue weighted by Crippen LogP contribution is 2.15. The quantitative estimate of drug-likeness (QED) is 0.861. The molecule has 4 nitrogen and oxygen atoms in total. The number of nitrogens with zero attached hydrogens (tertiary/aromatic N) is 2. The maximum atomic E-state index is 12.0. The summed E-state index contributed by atoms with van der Waals surface area (Å²) in [6.07, 6.45) is 3.96. The highest BCUT2D eigenvalue weighted by Gasteiger charge is 2.19. The normalized spacial score (nSPS) is 20.2. The van der Waals surface area contributed by atoms with E-state index in [1.165, 1.54) is 19.4 Å². The van der Waals surface area contributed by atoms with Crippen molar-refractivity contribution in [1.82, 2.24) is 15.2 Å². The van der Waals surface area contributed by atoms with E-state index in [1.54, 1.807) is 18.3 Å². The van der Waals surface area contributed by atoms with Crippen molar-refractivity contribution in [2.45, 2.75) is 19.8 Å². The van der Waals surface area contributed by atoms with Crippen molar-refractivity contribution in [2.75, 3.05) is 26.2 Å². The Morgan fingerprint density at radius 3 is 3.21 bits per heavy atom. The summed E-state index contributed by atoms with van der Waals surface area (Å²) in [6, 6.07) is 3.27. The molecule has 1 aliphatic heterocycles. The van der Waals surface area contributed by atoms with Crippen LogP contribution in [0.25, 0.3) is 0 Å². The van der Waals surface area contributed by atoms with Gasteiger partial charge in [0.25, 0.3) is 5.91 Å². The molecule has 5 heteroatoms. The van der Waals surface area contributed by atoms with Crippen molar-refractivity contribution in [1.29, 1.82) is 0 Å². The molecule has 0 aliphatic carbocycles. The monoisotopic (exact) mass is 281 g/mol. The van der Waals surface area contributed by atoms with E-state index >= 15 is 0 Å². The first kappa shape index (κ1) is 14.3. The third kappa shape index (κ3) is 4.18. The third-order valence-corrected chi connectivity index (χ3v) is 3.80. The molecule has 1 N–H and O–H groups in total. The molecule has 2 rings (SSSR count). The summed E-state index contributed by atoms with van der Waals surface area (Å²) in [5.74, 6) is 0.480. The Morgan fingerprint density at radius 1 is 1.63 bits per heavy atom. The first-order valence-electron chi connectivity index (χ1n) is 6.81. The lowest BCUT2D eigenvalue weighted by molar-refractivity contribution is 0.0933. The summed E-state index contributed by atoms with van der Waals surface area (Å²) < 4.78 is 0. The van der Waals surface area contributed by atoms with Gasteiger partial charge in [-0.05, 0) is 44.0 Å². The Bertz CT molecular complexity index is 438. The smallest absolute Gasteiger partial charge is 0.251 e. The van der Waals surface area contributed by atoms with Gasteiger partial charge in [0.1, 0.15) is 5.15 Å². The minimum atomic E-state index is -0.0714. The molecule has 19 heavy (non-hydrogen) atoms. The lowest BCUT2D eigenvalue weighted by atomic mass is 9.98. The molecule has 2 heterocycles. The maximum Gasteiger partial charge on any atom is 0.251 e. The molecule has 1 aromatic heterocycles. The van der Waals surface area contributed by atoms with Gasteiger partial charge in [0.05, 0.1) is 0 Å². The van der Waals surface area contributed by atoms with E-state index in [1.807, 2.05) is 0 Å². The Balaban J connectivity index is 1.83. The van der Waals surface area contributed by atoms with Crippen molar-refractivity contribution in [2.24, 2.45) is 5.92 Å². The molecule has 1 fully saturated rings. The van der Waals surface area contributed by atoms with Gasteiger partial charge in [0.2, 0.25) is 0 Å². The first-order valence-corrected chi connectivity index (χ1v) is 7.19. The molecule has 0 saturated carbocycles. The highest BCUT2D eigenvalue weighted by molar-refractivity contribution is 6.29. The van der Waals surface area contributed by atoms with Crippen molar-refractivity contribution >= 4 is 17.5 Å². The number of rotatable bonds is 4. The molecule has 1 atom stereocenters. The predicted octanol–water partition coefficient (Wildman–Crippen LogP) is 2.20. The van der Waals surface area contributed by atoms with E-state index < -0.39 is 0 Å². The Labute approximate surface area is 119 Å². The van der Waals surface area contributed by atoms with Crippen LogP contribution < -0.4 is 5.32 Å². The lowest BCUT2D eigenvalue weighted by Gasteiger charge is -2.31. The van der Waals surface area contributed by atoms with Crippen molar-refractivity contribution in [3.05, 3.63) is 29.0 Å². The van der Waals surface area contributed by atoms with Crippen LogP contribution in [0.15, 0.2) is 18.3 Å². The molecule has 0 aromatic carbocycles. The topological polar surface area (TPSA) is 45.2 Å². The molecular weight excluding hydrogens is 262 g/mol. The highest BCUT2D eigenvalue weighted by atomic mass is 35.5. The average molecular weight is 282 g/mol.